The second-order valence-electron chi connectivity index (χ2n) is 6.32. The summed E-state index contributed by atoms with van der Waals surface area (Å²) in [5.74, 6) is -1.66. The predicted molar refractivity (Wildman–Crippen MR) is 106 cm³/mol. The number of hydrazine groups is 1. The van der Waals surface area contributed by atoms with Crippen LogP contribution in [0.2, 0.25) is 0 Å². The van der Waals surface area contributed by atoms with E-state index in [0.29, 0.717) is 0 Å². The largest absolute Gasteiger partial charge is 0.477 e. The minimum atomic E-state index is -0.779. The number of hydrogen-bond donors (Lipinski definition) is 2. The van der Waals surface area contributed by atoms with Gasteiger partial charge in [0, 0.05) is 26.4 Å². The van der Waals surface area contributed by atoms with Gasteiger partial charge in [-0.15, -0.1) is 0 Å². The standard InChI is InChI=1S/C18H16N6O7/c1-22-15-11(17(27)23(2)18(22)28)7-10(8-19-15)16(26)21-20-14(25)9-31-13-6-4-3-5-12(13)24(29)30/h3-8H,9H2,1-2H3,(H,20,25)(H,21,26). The van der Waals surface area contributed by atoms with Crippen molar-refractivity contribution in [3.63, 3.8) is 0 Å². The smallest absolute Gasteiger partial charge is 0.332 e. The summed E-state index contributed by atoms with van der Waals surface area (Å²) in [6, 6.07) is 6.76. The highest BCUT2D eigenvalue weighted by atomic mass is 16.6. The molecule has 2 N–H and O–H groups in total. The highest BCUT2D eigenvalue weighted by Gasteiger charge is 2.16. The van der Waals surface area contributed by atoms with Crippen molar-refractivity contribution in [3.05, 3.63) is 73.0 Å². The number of carbonyl (C=O) groups is 2. The van der Waals surface area contributed by atoms with Crippen molar-refractivity contribution in [1.29, 1.82) is 0 Å². The number of para-hydroxylation sites is 2. The Morgan fingerprint density at radius 1 is 1.16 bits per heavy atom. The maximum absolute atomic E-state index is 12.3. The molecule has 0 unspecified atom stereocenters. The van der Waals surface area contributed by atoms with Crippen LogP contribution in [0.3, 0.4) is 0 Å². The molecule has 0 aliphatic rings. The van der Waals surface area contributed by atoms with Crippen LogP contribution in [-0.2, 0) is 18.9 Å². The zero-order chi connectivity index (χ0) is 22.7. The number of rotatable bonds is 5. The Labute approximate surface area is 173 Å². The molecule has 0 atom stereocenters. The van der Waals surface area contributed by atoms with E-state index in [0.717, 1.165) is 10.8 Å². The van der Waals surface area contributed by atoms with Gasteiger partial charge in [0.15, 0.2) is 12.4 Å². The van der Waals surface area contributed by atoms with Gasteiger partial charge in [0.25, 0.3) is 17.4 Å². The van der Waals surface area contributed by atoms with Crippen LogP contribution in [-0.4, -0.2) is 37.5 Å². The first-order valence-corrected chi connectivity index (χ1v) is 8.72. The molecular formula is C18H16N6O7. The van der Waals surface area contributed by atoms with Crippen LogP contribution in [0.5, 0.6) is 5.75 Å². The zero-order valence-corrected chi connectivity index (χ0v) is 16.3. The van der Waals surface area contributed by atoms with E-state index in [2.05, 4.69) is 15.8 Å². The Morgan fingerprint density at radius 2 is 1.87 bits per heavy atom. The zero-order valence-electron chi connectivity index (χ0n) is 16.3. The highest BCUT2D eigenvalue weighted by molar-refractivity contribution is 5.97. The molecule has 31 heavy (non-hydrogen) atoms. The number of nitro groups is 1. The van der Waals surface area contributed by atoms with Crippen LogP contribution in [0.4, 0.5) is 5.69 Å². The Kier molecular flexibility index (Phi) is 5.76. The number of fused-ring (bicyclic) bond motifs is 1. The fourth-order valence-electron chi connectivity index (χ4n) is 2.70. The fraction of sp³-hybridized carbons (Fsp3) is 0.167. The molecule has 13 heteroatoms. The second-order valence-corrected chi connectivity index (χ2v) is 6.32. The number of nitro benzene ring substituents is 1. The lowest BCUT2D eigenvalue weighted by Crippen LogP contribution is -2.44. The third-order valence-electron chi connectivity index (χ3n) is 4.29. The molecule has 2 amide bonds. The minimum Gasteiger partial charge on any atom is -0.477 e. The normalized spacial score (nSPS) is 10.5. The van der Waals surface area contributed by atoms with E-state index in [9.17, 15) is 29.3 Å². The summed E-state index contributed by atoms with van der Waals surface area (Å²) in [7, 11) is 2.74. The van der Waals surface area contributed by atoms with Gasteiger partial charge in [-0.2, -0.15) is 0 Å². The van der Waals surface area contributed by atoms with Crippen LogP contribution < -0.4 is 26.8 Å². The van der Waals surface area contributed by atoms with Crippen molar-refractivity contribution in [3.8, 4) is 5.75 Å². The second kappa shape index (κ2) is 8.44. The minimum absolute atomic E-state index is 0.0387. The van der Waals surface area contributed by atoms with Crippen LogP contribution in [0.25, 0.3) is 11.0 Å². The maximum atomic E-state index is 12.3. The highest BCUT2D eigenvalue weighted by Crippen LogP contribution is 2.25. The Balaban J connectivity index is 1.68. The summed E-state index contributed by atoms with van der Waals surface area (Å²) in [6.07, 6.45) is 1.15. The number of aromatic nitrogens is 3. The maximum Gasteiger partial charge on any atom is 0.332 e. The molecule has 13 nitrogen and oxygen atoms in total. The lowest BCUT2D eigenvalue weighted by Gasteiger charge is -2.10. The molecule has 0 bridgehead atoms. The monoisotopic (exact) mass is 428 g/mol. The van der Waals surface area contributed by atoms with Crippen molar-refractivity contribution < 1.29 is 19.2 Å². The number of aryl methyl sites for hydroxylation is 1. The lowest BCUT2D eigenvalue weighted by molar-refractivity contribution is -0.385. The van der Waals surface area contributed by atoms with Crippen LogP contribution in [0.1, 0.15) is 10.4 Å². The van der Waals surface area contributed by atoms with Gasteiger partial charge >= 0.3 is 11.4 Å². The quantitative estimate of drug-likeness (QED) is 0.400. The Morgan fingerprint density at radius 3 is 2.58 bits per heavy atom. The van der Waals surface area contributed by atoms with E-state index in [-0.39, 0.29) is 28.0 Å². The van der Waals surface area contributed by atoms with E-state index in [4.69, 9.17) is 4.74 Å². The summed E-state index contributed by atoms with van der Waals surface area (Å²) < 4.78 is 7.16. The van der Waals surface area contributed by atoms with Crippen molar-refractivity contribution in [1.82, 2.24) is 25.0 Å². The van der Waals surface area contributed by atoms with Gasteiger partial charge in [-0.1, -0.05) is 12.1 Å². The van der Waals surface area contributed by atoms with Crippen LogP contribution >= 0.6 is 0 Å². The number of nitrogens with zero attached hydrogens (tertiary/aromatic N) is 4. The molecule has 2 aromatic heterocycles. The van der Waals surface area contributed by atoms with Gasteiger partial charge in [0.1, 0.15) is 5.65 Å². The average molecular weight is 428 g/mol. The molecule has 0 radical (unpaired) electrons. The van der Waals surface area contributed by atoms with Crippen molar-refractivity contribution in [2.75, 3.05) is 6.61 Å². The number of ether oxygens (including phenoxy) is 1. The molecule has 3 aromatic rings. The number of hydrogen-bond acceptors (Lipinski definition) is 8. The molecule has 0 aliphatic heterocycles. The van der Waals surface area contributed by atoms with E-state index >= 15 is 0 Å². The predicted octanol–water partition coefficient (Wildman–Crippen LogP) is -0.620. The molecular weight excluding hydrogens is 412 g/mol. The molecule has 3 rings (SSSR count). The topological polar surface area (TPSA) is 167 Å². The fourth-order valence-corrected chi connectivity index (χ4v) is 2.70. The molecule has 2 heterocycles. The molecule has 160 valence electrons. The first kappa shape index (κ1) is 21.2. The molecule has 0 spiro atoms. The molecule has 0 saturated carbocycles. The summed E-state index contributed by atoms with van der Waals surface area (Å²) in [5.41, 5.74) is 2.79. The van der Waals surface area contributed by atoms with Crippen LogP contribution in [0.15, 0.2) is 46.1 Å². The van der Waals surface area contributed by atoms with E-state index in [1.54, 1.807) is 0 Å². The van der Waals surface area contributed by atoms with Crippen LogP contribution in [0, 0.1) is 10.1 Å². The molecule has 1 aromatic carbocycles. The summed E-state index contributed by atoms with van der Waals surface area (Å²) in [6.45, 7) is -0.593. The molecule has 0 aliphatic carbocycles. The van der Waals surface area contributed by atoms with E-state index < -0.39 is 34.6 Å². The number of pyridine rings is 1. The Hall–Kier alpha value is -4.55. The first-order chi connectivity index (χ1) is 14.7. The van der Waals surface area contributed by atoms with Crippen molar-refractivity contribution >= 4 is 28.5 Å². The van der Waals surface area contributed by atoms with Gasteiger partial charge in [-0.05, 0) is 12.1 Å². The van der Waals surface area contributed by atoms with E-state index in [1.807, 2.05) is 0 Å². The molecule has 0 saturated heterocycles. The average Bonchev–Trinajstić information content (AvgIpc) is 2.78. The number of carbonyl (C=O) groups excluding carboxylic acids is 2. The third-order valence-corrected chi connectivity index (χ3v) is 4.29. The third kappa shape index (κ3) is 4.24. The van der Waals surface area contributed by atoms with Gasteiger partial charge in [-0.25, -0.2) is 9.78 Å². The van der Waals surface area contributed by atoms with Crippen molar-refractivity contribution in [2.24, 2.45) is 14.1 Å². The first-order valence-electron chi connectivity index (χ1n) is 8.72. The number of nitrogens with one attached hydrogen (secondary N) is 2. The molecule has 0 fully saturated rings. The summed E-state index contributed by atoms with van der Waals surface area (Å²) >= 11 is 0. The van der Waals surface area contributed by atoms with Crippen molar-refractivity contribution in [2.45, 2.75) is 0 Å². The number of amides is 2. The summed E-state index contributed by atoms with van der Waals surface area (Å²) in [4.78, 5) is 62.7. The number of benzene rings is 1. The van der Waals surface area contributed by atoms with E-state index in [1.165, 1.54) is 49.0 Å². The van der Waals surface area contributed by atoms with Gasteiger partial charge < -0.3 is 4.74 Å². The van der Waals surface area contributed by atoms with Gasteiger partial charge in [-0.3, -0.25) is 44.5 Å². The lowest BCUT2D eigenvalue weighted by atomic mass is 10.2. The van der Waals surface area contributed by atoms with Gasteiger partial charge in [0.2, 0.25) is 0 Å². The van der Waals surface area contributed by atoms with Gasteiger partial charge in [0.05, 0.1) is 15.9 Å². The SMILES string of the molecule is Cn1c(=O)c2cc(C(=O)NNC(=O)COc3ccccc3[N+](=O)[O-])cnc2n(C)c1=O. The Bertz CT molecular complexity index is 1330. The summed E-state index contributed by atoms with van der Waals surface area (Å²) in [5, 5.41) is 11.0.